The van der Waals surface area contributed by atoms with Crippen molar-refractivity contribution in [2.24, 2.45) is 0 Å². The second-order valence-corrected chi connectivity index (χ2v) is 6.80. The monoisotopic (exact) mass is 362 g/mol. The van der Waals surface area contributed by atoms with Gasteiger partial charge in [-0.2, -0.15) is 0 Å². The molecule has 0 bridgehead atoms. The number of ether oxygens (including phenoxy) is 4. The van der Waals surface area contributed by atoms with E-state index >= 15 is 0 Å². The van der Waals surface area contributed by atoms with Crippen molar-refractivity contribution in [1.82, 2.24) is 0 Å². The van der Waals surface area contributed by atoms with Gasteiger partial charge in [-0.25, -0.2) is 0 Å². The smallest absolute Gasteiger partial charge is 0.188 e. The Bertz CT molecular complexity index is 686. The number of hydrogen-bond donors (Lipinski definition) is 0. The number of methoxy groups -OCH3 is 2. The molecule has 2 heterocycles. The zero-order chi connectivity index (χ0) is 16.8. The molecular weight excluding hydrogens is 344 g/mol. The van der Waals surface area contributed by atoms with Gasteiger partial charge in [-0.05, 0) is 35.0 Å². The number of thiophene rings is 2. The van der Waals surface area contributed by atoms with E-state index in [1.54, 1.807) is 36.9 Å². The third kappa shape index (κ3) is 3.79. The molecule has 2 aromatic heterocycles. The van der Waals surface area contributed by atoms with Crippen LogP contribution < -0.4 is 9.47 Å². The molecular formula is C18H18O4S2. The summed E-state index contributed by atoms with van der Waals surface area (Å²) in [6.45, 7) is 0.390. The number of rotatable bonds is 8. The largest absolute Gasteiger partial charge is 0.467 e. The van der Waals surface area contributed by atoms with Crippen molar-refractivity contribution in [3.05, 3.63) is 47.2 Å². The topological polar surface area (TPSA) is 36.9 Å². The van der Waals surface area contributed by atoms with Crippen molar-refractivity contribution < 1.29 is 18.9 Å². The fourth-order valence-corrected chi connectivity index (χ4v) is 3.79. The van der Waals surface area contributed by atoms with Gasteiger partial charge in [0.1, 0.15) is 11.5 Å². The lowest BCUT2D eigenvalue weighted by molar-refractivity contribution is 0.0490. The van der Waals surface area contributed by atoms with Crippen molar-refractivity contribution in [3.8, 4) is 32.4 Å². The molecule has 0 aliphatic heterocycles. The average Bonchev–Trinajstić information content (AvgIpc) is 3.31. The second-order valence-electron chi connectivity index (χ2n) is 4.90. The van der Waals surface area contributed by atoms with E-state index in [1.165, 1.54) is 0 Å². The first-order valence-electron chi connectivity index (χ1n) is 7.32. The molecule has 4 nitrogen and oxygen atoms in total. The van der Waals surface area contributed by atoms with E-state index in [1.807, 2.05) is 35.0 Å². The predicted octanol–water partition coefficient (Wildman–Crippen LogP) is 5.11. The zero-order valence-corrected chi connectivity index (χ0v) is 15.1. The molecule has 3 rings (SSSR count). The van der Waals surface area contributed by atoms with Crippen LogP contribution >= 0.6 is 22.7 Å². The van der Waals surface area contributed by atoms with Gasteiger partial charge in [0.05, 0.1) is 0 Å². The summed E-state index contributed by atoms with van der Waals surface area (Å²) in [5, 5.41) is 4.08. The maximum atomic E-state index is 5.81. The highest BCUT2D eigenvalue weighted by molar-refractivity contribution is 7.14. The molecule has 0 saturated heterocycles. The zero-order valence-electron chi connectivity index (χ0n) is 13.5. The summed E-state index contributed by atoms with van der Waals surface area (Å²) in [4.78, 5) is 2.22. The summed E-state index contributed by atoms with van der Waals surface area (Å²) in [7, 11) is 3.22. The highest BCUT2D eigenvalue weighted by Gasteiger charge is 2.16. The lowest BCUT2D eigenvalue weighted by atomic mass is 10.1. The molecule has 0 amide bonds. The minimum atomic E-state index is 0.195. The van der Waals surface area contributed by atoms with Crippen LogP contribution in [0, 0.1) is 0 Å². The maximum absolute atomic E-state index is 5.81. The maximum Gasteiger partial charge on any atom is 0.188 e. The predicted molar refractivity (Wildman–Crippen MR) is 98.1 cm³/mol. The molecule has 0 N–H and O–H groups in total. The summed E-state index contributed by atoms with van der Waals surface area (Å²) in [5.74, 6) is 1.54. The van der Waals surface area contributed by atoms with Gasteiger partial charge in [0.25, 0.3) is 0 Å². The highest BCUT2D eigenvalue weighted by Crippen LogP contribution is 2.43. The van der Waals surface area contributed by atoms with Crippen LogP contribution in [0.1, 0.15) is 0 Å². The summed E-state index contributed by atoms with van der Waals surface area (Å²) in [5.41, 5.74) is 1.96. The van der Waals surface area contributed by atoms with E-state index in [-0.39, 0.29) is 13.6 Å². The highest BCUT2D eigenvalue weighted by atomic mass is 32.1. The third-order valence-corrected chi connectivity index (χ3v) is 5.13. The molecule has 0 atom stereocenters. The lowest BCUT2D eigenvalue weighted by Gasteiger charge is -2.16. The molecule has 0 unspecified atom stereocenters. The SMILES string of the molecule is COCOc1cc(-c2cccs2)c(OCOC)cc1-c1cccs1. The molecule has 0 aliphatic carbocycles. The van der Waals surface area contributed by atoms with E-state index in [9.17, 15) is 0 Å². The van der Waals surface area contributed by atoms with E-state index in [4.69, 9.17) is 18.9 Å². The second kappa shape index (κ2) is 8.30. The first-order chi connectivity index (χ1) is 11.8. The minimum Gasteiger partial charge on any atom is -0.467 e. The first-order valence-corrected chi connectivity index (χ1v) is 9.08. The lowest BCUT2D eigenvalue weighted by Crippen LogP contribution is -2.03. The van der Waals surface area contributed by atoms with Crippen LogP contribution in [-0.4, -0.2) is 27.8 Å². The minimum absolute atomic E-state index is 0.195. The summed E-state index contributed by atoms with van der Waals surface area (Å²) in [6, 6.07) is 12.2. The van der Waals surface area contributed by atoms with Crippen molar-refractivity contribution in [3.63, 3.8) is 0 Å². The first kappa shape index (κ1) is 17.0. The Balaban J connectivity index is 2.10. The van der Waals surface area contributed by atoms with Crippen LogP contribution in [0.5, 0.6) is 11.5 Å². The fourth-order valence-electron chi connectivity index (χ4n) is 2.29. The fraction of sp³-hybridized carbons (Fsp3) is 0.222. The van der Waals surface area contributed by atoms with Crippen LogP contribution in [0.25, 0.3) is 20.9 Å². The summed E-state index contributed by atoms with van der Waals surface area (Å²) < 4.78 is 21.8. The molecule has 6 heteroatoms. The van der Waals surface area contributed by atoms with Crippen molar-refractivity contribution >= 4 is 22.7 Å². The Kier molecular flexibility index (Phi) is 5.87. The van der Waals surface area contributed by atoms with Gasteiger partial charge in [-0.3, -0.25) is 0 Å². The van der Waals surface area contributed by atoms with Crippen molar-refractivity contribution in [2.75, 3.05) is 27.8 Å². The number of hydrogen-bond acceptors (Lipinski definition) is 6. The van der Waals surface area contributed by atoms with Gasteiger partial charge in [0.2, 0.25) is 0 Å². The van der Waals surface area contributed by atoms with Crippen molar-refractivity contribution in [2.45, 2.75) is 0 Å². The molecule has 0 aliphatic rings. The van der Waals surface area contributed by atoms with Gasteiger partial charge in [0.15, 0.2) is 13.6 Å². The summed E-state index contributed by atoms with van der Waals surface area (Å²) >= 11 is 3.31. The van der Waals surface area contributed by atoms with E-state index in [0.29, 0.717) is 0 Å². The molecule has 1 aromatic carbocycles. The molecule has 0 saturated carbocycles. The Hall–Kier alpha value is -1.86. The Morgan fingerprint density at radius 2 is 1.21 bits per heavy atom. The molecule has 0 fully saturated rings. The van der Waals surface area contributed by atoms with Crippen LogP contribution in [0.15, 0.2) is 47.2 Å². The summed E-state index contributed by atoms with van der Waals surface area (Å²) in [6.07, 6.45) is 0. The standard InChI is InChI=1S/C18H18O4S2/c1-19-11-21-15-9-14(18-6-4-8-24-18)16(22-12-20-2)10-13(15)17-5-3-7-23-17/h3-10H,11-12H2,1-2H3. The van der Waals surface area contributed by atoms with Crippen LogP contribution in [0.2, 0.25) is 0 Å². The van der Waals surface area contributed by atoms with E-state index in [0.717, 1.165) is 32.4 Å². The molecule has 24 heavy (non-hydrogen) atoms. The molecule has 3 aromatic rings. The van der Waals surface area contributed by atoms with E-state index < -0.39 is 0 Å². The van der Waals surface area contributed by atoms with Crippen LogP contribution in [0.3, 0.4) is 0 Å². The van der Waals surface area contributed by atoms with Gasteiger partial charge in [-0.1, -0.05) is 12.1 Å². The van der Waals surface area contributed by atoms with Crippen LogP contribution in [0.4, 0.5) is 0 Å². The van der Waals surface area contributed by atoms with Gasteiger partial charge < -0.3 is 18.9 Å². The normalized spacial score (nSPS) is 10.8. The Labute approximate surface area is 149 Å². The Morgan fingerprint density at radius 3 is 1.54 bits per heavy atom. The number of benzene rings is 1. The van der Waals surface area contributed by atoms with Crippen LogP contribution in [-0.2, 0) is 9.47 Å². The molecule has 0 radical (unpaired) electrons. The van der Waals surface area contributed by atoms with Crippen molar-refractivity contribution in [1.29, 1.82) is 0 Å². The molecule has 0 spiro atoms. The average molecular weight is 362 g/mol. The van der Waals surface area contributed by atoms with Gasteiger partial charge >= 0.3 is 0 Å². The van der Waals surface area contributed by atoms with Gasteiger partial charge in [0, 0.05) is 35.1 Å². The molecule has 126 valence electrons. The van der Waals surface area contributed by atoms with E-state index in [2.05, 4.69) is 12.1 Å². The Morgan fingerprint density at radius 1 is 0.750 bits per heavy atom. The third-order valence-electron chi connectivity index (χ3n) is 3.32. The van der Waals surface area contributed by atoms with Gasteiger partial charge in [-0.15, -0.1) is 22.7 Å². The quantitative estimate of drug-likeness (QED) is 0.522.